The summed E-state index contributed by atoms with van der Waals surface area (Å²) < 4.78 is 26.5. The average molecular weight is 886 g/mol. The Morgan fingerprint density at radius 1 is 0.938 bits per heavy atom. The highest BCUT2D eigenvalue weighted by Gasteiger charge is 2.65. The summed E-state index contributed by atoms with van der Waals surface area (Å²) in [5, 5.41) is 29.7. The van der Waals surface area contributed by atoms with Crippen LogP contribution < -0.4 is 14.8 Å². The first-order valence-corrected chi connectivity index (χ1v) is 23.1. The van der Waals surface area contributed by atoms with Crippen molar-refractivity contribution < 1.29 is 43.6 Å². The highest BCUT2D eigenvalue weighted by molar-refractivity contribution is 6.03. The first kappa shape index (κ1) is 47.0. The van der Waals surface area contributed by atoms with Gasteiger partial charge in [0, 0.05) is 37.7 Å². The molecular formula is C53H63N3O9. The Bertz CT molecular complexity index is 2310. The molecule has 12 nitrogen and oxygen atoms in total. The molecule has 344 valence electrons. The highest BCUT2D eigenvalue weighted by atomic mass is 16.7. The quantitative estimate of drug-likeness (QED) is 0.0399. The molecule has 3 N–H and O–H groups in total. The van der Waals surface area contributed by atoms with Gasteiger partial charge in [0.05, 0.1) is 31.4 Å². The number of rotatable bonds is 22. The number of hydrogen-bond acceptors (Lipinski definition) is 10. The number of oxime groups is 1. The molecule has 4 aromatic rings. The van der Waals surface area contributed by atoms with Gasteiger partial charge in [0.25, 0.3) is 0 Å². The molecule has 65 heavy (non-hydrogen) atoms. The molecule has 4 aromatic carbocycles. The van der Waals surface area contributed by atoms with Gasteiger partial charge in [-0.2, -0.15) is 0 Å². The predicted octanol–water partition coefficient (Wildman–Crippen LogP) is 10.00. The molecule has 0 aromatic heterocycles. The first-order chi connectivity index (χ1) is 31.8. The Labute approximate surface area is 382 Å². The molecule has 6 unspecified atom stereocenters. The van der Waals surface area contributed by atoms with E-state index in [9.17, 15) is 19.8 Å². The van der Waals surface area contributed by atoms with E-state index in [1.807, 2.05) is 73.7 Å². The minimum Gasteiger partial charge on any atom is -0.459 e. The minimum atomic E-state index is -1.51. The molecule has 2 amide bonds. The van der Waals surface area contributed by atoms with Crippen LogP contribution in [-0.4, -0.2) is 77.9 Å². The molecule has 1 aliphatic heterocycles. The van der Waals surface area contributed by atoms with Gasteiger partial charge in [0.1, 0.15) is 24.1 Å². The third kappa shape index (κ3) is 10.8. The van der Waals surface area contributed by atoms with Crippen molar-refractivity contribution in [2.45, 2.75) is 89.1 Å². The summed E-state index contributed by atoms with van der Waals surface area (Å²) >= 11 is 0. The van der Waals surface area contributed by atoms with Crippen LogP contribution in [0.1, 0.15) is 80.9 Å². The Kier molecular flexibility index (Phi) is 16.5. The van der Waals surface area contributed by atoms with Crippen molar-refractivity contribution in [3.05, 3.63) is 145 Å². The number of unbranched alkanes of at least 4 members (excludes halogenated alkanes) is 2. The fourth-order valence-corrected chi connectivity index (χ4v) is 10.00. The first-order valence-electron chi connectivity index (χ1n) is 23.1. The van der Waals surface area contributed by atoms with Gasteiger partial charge in [-0.15, -0.1) is 13.2 Å². The number of aliphatic hydroxyl groups is 2. The van der Waals surface area contributed by atoms with Gasteiger partial charge in [-0.3, -0.25) is 4.90 Å². The molecule has 1 fully saturated rings. The number of carbonyl (C=O) groups is 2. The zero-order chi connectivity index (χ0) is 45.6. The van der Waals surface area contributed by atoms with Gasteiger partial charge < -0.3 is 39.3 Å². The zero-order valence-electron chi connectivity index (χ0n) is 37.4. The molecule has 3 aliphatic rings. The number of ether oxygens (including phenoxy) is 4. The summed E-state index contributed by atoms with van der Waals surface area (Å²) in [5.41, 5.74) is 4.26. The molecule has 1 saturated carbocycles. The second-order valence-electron chi connectivity index (χ2n) is 16.9. The van der Waals surface area contributed by atoms with E-state index < -0.39 is 29.9 Å². The Morgan fingerprint density at radius 2 is 1.71 bits per heavy atom. The number of nitrogens with zero attached hydrogens (tertiary/aromatic N) is 2. The molecule has 2 aliphatic carbocycles. The van der Waals surface area contributed by atoms with Crippen LogP contribution in [0.3, 0.4) is 0 Å². The van der Waals surface area contributed by atoms with E-state index in [4.69, 9.17) is 28.9 Å². The van der Waals surface area contributed by atoms with E-state index >= 15 is 0 Å². The van der Waals surface area contributed by atoms with Gasteiger partial charge >= 0.3 is 12.2 Å². The van der Waals surface area contributed by atoms with Crippen LogP contribution in [0.15, 0.2) is 133 Å². The number of allylic oxidation sites excluding steroid dienone is 1. The monoisotopic (exact) mass is 885 g/mol. The third-order valence-electron chi connectivity index (χ3n) is 12.8. The van der Waals surface area contributed by atoms with E-state index in [2.05, 4.69) is 42.7 Å². The molecule has 7 rings (SSSR count). The standard InChI is InChI=1S/C53H63N3O9/c1-4-7-31-61-52(60)56(36-40-23-17-22-38-20-11-12-24-42(38)40)48-34-46(55-63-6-3)44-32-39(21-13-15-28-57)43(25-14-16-29-58)49-45-33-41(64-51(59)54-35-37-18-9-8-10-19-37)26-27-47(45)65-53(48,50(44)49)62-30-5-2/h4-5,8-12,17-20,22-24,26-27,32-33,39,43,48-50,57-58H,1-2,6-7,13-16,21,25,28-31,34-36H2,3H3,(H,54,59). The van der Waals surface area contributed by atoms with E-state index in [1.165, 1.54) is 0 Å². The highest BCUT2D eigenvalue weighted by Crippen LogP contribution is 2.62. The molecule has 12 heteroatoms. The van der Waals surface area contributed by atoms with Crippen molar-refractivity contribution in [3.63, 3.8) is 0 Å². The van der Waals surface area contributed by atoms with E-state index in [-0.39, 0.29) is 57.1 Å². The van der Waals surface area contributed by atoms with E-state index in [1.54, 1.807) is 23.1 Å². The fourth-order valence-electron chi connectivity index (χ4n) is 10.00. The van der Waals surface area contributed by atoms with Gasteiger partial charge in [-0.25, -0.2) is 9.59 Å². The van der Waals surface area contributed by atoms with Gasteiger partial charge in [-0.05, 0) is 96.5 Å². The normalized spacial score (nSPS) is 22.4. The second kappa shape index (κ2) is 22.8. The van der Waals surface area contributed by atoms with Crippen molar-refractivity contribution in [2.75, 3.05) is 33.0 Å². The lowest BCUT2D eigenvalue weighted by Crippen LogP contribution is -2.70. The molecule has 6 atom stereocenters. The molecule has 0 bridgehead atoms. The number of fused-ring (bicyclic) bond motifs is 3. The fraction of sp³-hybridized carbons (Fsp3) is 0.415. The van der Waals surface area contributed by atoms with Crippen LogP contribution in [0.25, 0.3) is 10.8 Å². The number of hydrogen-bond donors (Lipinski definition) is 3. The molecule has 0 spiro atoms. The van der Waals surface area contributed by atoms with Crippen molar-refractivity contribution >= 4 is 28.7 Å². The summed E-state index contributed by atoms with van der Waals surface area (Å²) in [4.78, 5) is 35.8. The lowest BCUT2D eigenvalue weighted by Gasteiger charge is -2.59. The SMILES string of the molecule is C=CCCOC(=O)N(Cc1cccc2ccccc12)C1CC(=NOCC)C2=CC(CCCCO)C(CCCCO)C3c4cc(OC(=O)NCc5ccccc5)ccc4OC1(OCC=C)C23. The molecule has 0 saturated heterocycles. The van der Waals surface area contributed by atoms with Gasteiger partial charge in [-0.1, -0.05) is 109 Å². The van der Waals surface area contributed by atoms with Crippen molar-refractivity contribution in [1.82, 2.24) is 10.2 Å². The largest absolute Gasteiger partial charge is 0.459 e. The summed E-state index contributed by atoms with van der Waals surface area (Å²) in [6, 6.07) is 28.4. The summed E-state index contributed by atoms with van der Waals surface area (Å²) in [6.45, 7) is 10.9. The minimum absolute atomic E-state index is 0.0244. The Morgan fingerprint density at radius 3 is 2.48 bits per heavy atom. The van der Waals surface area contributed by atoms with Crippen LogP contribution >= 0.6 is 0 Å². The number of amides is 2. The maximum Gasteiger partial charge on any atom is 0.412 e. The summed E-state index contributed by atoms with van der Waals surface area (Å²) in [6.07, 6.45) is 9.61. The van der Waals surface area contributed by atoms with Crippen LogP contribution in [-0.2, 0) is 27.4 Å². The van der Waals surface area contributed by atoms with Gasteiger partial charge in [0.2, 0.25) is 5.79 Å². The third-order valence-corrected chi connectivity index (χ3v) is 12.8. The number of nitrogens with one attached hydrogen (secondary N) is 1. The smallest absolute Gasteiger partial charge is 0.412 e. The van der Waals surface area contributed by atoms with Gasteiger partial charge in [0.15, 0.2) is 0 Å². The van der Waals surface area contributed by atoms with E-state index in [0.29, 0.717) is 49.6 Å². The van der Waals surface area contributed by atoms with Crippen LogP contribution in [0.2, 0.25) is 0 Å². The maximum absolute atomic E-state index is 14.8. The topological polar surface area (TPSA) is 148 Å². The van der Waals surface area contributed by atoms with Crippen LogP contribution in [0, 0.1) is 17.8 Å². The van der Waals surface area contributed by atoms with Crippen molar-refractivity contribution in [1.29, 1.82) is 0 Å². The second-order valence-corrected chi connectivity index (χ2v) is 16.9. The Hall–Kier alpha value is -5.95. The van der Waals surface area contributed by atoms with Crippen LogP contribution in [0.4, 0.5) is 9.59 Å². The predicted molar refractivity (Wildman–Crippen MR) is 252 cm³/mol. The summed E-state index contributed by atoms with van der Waals surface area (Å²) in [5.74, 6) is -1.50. The van der Waals surface area contributed by atoms with Crippen molar-refractivity contribution in [3.8, 4) is 11.5 Å². The zero-order valence-corrected chi connectivity index (χ0v) is 37.4. The molecule has 1 heterocycles. The maximum atomic E-state index is 14.8. The van der Waals surface area contributed by atoms with Crippen LogP contribution in [0.5, 0.6) is 11.5 Å². The number of carbonyl (C=O) groups excluding carboxylic acids is 2. The molecular weight excluding hydrogens is 823 g/mol. The number of benzene rings is 4. The average Bonchev–Trinajstić information content (AvgIpc) is 3.33. The van der Waals surface area contributed by atoms with E-state index in [0.717, 1.165) is 58.7 Å². The lowest BCUT2D eigenvalue weighted by atomic mass is 9.55. The molecule has 0 radical (unpaired) electrons. The lowest BCUT2D eigenvalue weighted by molar-refractivity contribution is -0.256. The van der Waals surface area contributed by atoms with Crippen molar-refractivity contribution in [2.24, 2.45) is 22.9 Å². The Balaban J connectivity index is 1.41. The number of aliphatic hydroxyl groups excluding tert-OH is 2. The summed E-state index contributed by atoms with van der Waals surface area (Å²) in [7, 11) is 0.